The van der Waals surface area contributed by atoms with Crippen molar-refractivity contribution in [3.05, 3.63) is 11.1 Å². The van der Waals surface area contributed by atoms with Crippen LogP contribution >= 0.6 is 11.3 Å². The SMILES string of the molecule is CC1(C2CC2)CN(c2ncc(C(F)(F)F)s2)CCO1. The highest BCUT2D eigenvalue weighted by atomic mass is 32.1. The zero-order chi connectivity index (χ0) is 13.7. The van der Waals surface area contributed by atoms with Gasteiger partial charge in [0.15, 0.2) is 5.13 Å². The third kappa shape index (κ3) is 2.58. The molecule has 3 rings (SSSR count). The fourth-order valence-corrected chi connectivity index (χ4v) is 3.35. The Morgan fingerprint density at radius 1 is 1.47 bits per heavy atom. The lowest BCUT2D eigenvalue weighted by atomic mass is 9.98. The number of thiazole rings is 1. The van der Waals surface area contributed by atoms with Gasteiger partial charge in [-0.2, -0.15) is 13.2 Å². The minimum atomic E-state index is -4.30. The van der Waals surface area contributed by atoms with E-state index in [4.69, 9.17) is 4.74 Å². The van der Waals surface area contributed by atoms with Crippen LogP contribution in [0.15, 0.2) is 6.20 Å². The van der Waals surface area contributed by atoms with Crippen molar-refractivity contribution in [3.8, 4) is 0 Å². The van der Waals surface area contributed by atoms with Crippen LogP contribution in [-0.4, -0.2) is 30.3 Å². The summed E-state index contributed by atoms with van der Waals surface area (Å²) in [6.07, 6.45) is -1.09. The number of ether oxygens (including phenoxy) is 1. The van der Waals surface area contributed by atoms with Gasteiger partial charge in [-0.05, 0) is 25.7 Å². The third-order valence-corrected chi connectivity index (χ3v) is 4.89. The van der Waals surface area contributed by atoms with Gasteiger partial charge in [0.05, 0.1) is 18.4 Å². The molecule has 1 saturated carbocycles. The van der Waals surface area contributed by atoms with Crippen LogP contribution in [0.1, 0.15) is 24.6 Å². The van der Waals surface area contributed by atoms with Gasteiger partial charge < -0.3 is 9.64 Å². The lowest BCUT2D eigenvalue weighted by Gasteiger charge is -2.40. The molecule has 0 amide bonds. The molecule has 2 aliphatic rings. The van der Waals surface area contributed by atoms with Gasteiger partial charge in [0, 0.05) is 13.1 Å². The molecule has 1 aliphatic carbocycles. The highest BCUT2D eigenvalue weighted by Gasteiger charge is 2.46. The fourth-order valence-electron chi connectivity index (χ4n) is 2.54. The average Bonchev–Trinajstić information content (AvgIpc) is 3.06. The molecular formula is C12H15F3N2OS. The molecule has 0 radical (unpaired) electrons. The Morgan fingerprint density at radius 2 is 2.21 bits per heavy atom. The van der Waals surface area contributed by atoms with Crippen molar-refractivity contribution in [2.45, 2.75) is 31.5 Å². The largest absolute Gasteiger partial charge is 0.427 e. The Balaban J connectivity index is 1.76. The van der Waals surface area contributed by atoms with E-state index in [0.29, 0.717) is 42.1 Å². The Morgan fingerprint density at radius 3 is 2.79 bits per heavy atom. The maximum Gasteiger partial charge on any atom is 0.427 e. The van der Waals surface area contributed by atoms with E-state index in [-0.39, 0.29) is 5.60 Å². The Kier molecular flexibility index (Phi) is 3.01. The van der Waals surface area contributed by atoms with Crippen LogP contribution in [0, 0.1) is 5.92 Å². The van der Waals surface area contributed by atoms with E-state index >= 15 is 0 Å². The number of aromatic nitrogens is 1. The smallest absolute Gasteiger partial charge is 0.371 e. The van der Waals surface area contributed by atoms with Gasteiger partial charge in [-0.3, -0.25) is 0 Å². The van der Waals surface area contributed by atoms with Crippen LogP contribution in [0.25, 0.3) is 0 Å². The molecule has 1 atom stereocenters. The monoisotopic (exact) mass is 292 g/mol. The normalized spacial score (nSPS) is 28.7. The first kappa shape index (κ1) is 13.2. The van der Waals surface area contributed by atoms with Crippen molar-refractivity contribution in [3.63, 3.8) is 0 Å². The van der Waals surface area contributed by atoms with Crippen LogP contribution in [-0.2, 0) is 10.9 Å². The molecule has 106 valence electrons. The van der Waals surface area contributed by atoms with Crippen molar-refractivity contribution < 1.29 is 17.9 Å². The molecule has 0 spiro atoms. The number of alkyl halides is 3. The van der Waals surface area contributed by atoms with Gasteiger partial charge in [-0.15, -0.1) is 0 Å². The van der Waals surface area contributed by atoms with E-state index < -0.39 is 11.1 Å². The predicted molar refractivity (Wildman–Crippen MR) is 66.4 cm³/mol. The summed E-state index contributed by atoms with van der Waals surface area (Å²) in [7, 11) is 0. The first-order valence-electron chi connectivity index (χ1n) is 6.30. The standard InChI is InChI=1S/C12H15F3N2OS/c1-11(8-2-3-8)7-17(4-5-18-11)10-16-6-9(19-10)12(13,14)15/h6,8H,2-5,7H2,1H3. The maximum atomic E-state index is 12.6. The number of hydrogen-bond acceptors (Lipinski definition) is 4. The Labute approximate surface area is 113 Å². The second kappa shape index (κ2) is 4.34. The lowest BCUT2D eigenvalue weighted by molar-refractivity contribution is -0.134. The second-order valence-electron chi connectivity index (χ2n) is 5.36. The van der Waals surface area contributed by atoms with Gasteiger partial charge in [0.1, 0.15) is 4.88 Å². The van der Waals surface area contributed by atoms with Crippen LogP contribution < -0.4 is 4.90 Å². The van der Waals surface area contributed by atoms with Gasteiger partial charge in [-0.1, -0.05) is 11.3 Å². The molecule has 0 N–H and O–H groups in total. The van der Waals surface area contributed by atoms with Crippen molar-refractivity contribution >= 4 is 16.5 Å². The molecule has 0 aromatic carbocycles. The summed E-state index contributed by atoms with van der Waals surface area (Å²) in [6, 6.07) is 0. The van der Waals surface area contributed by atoms with Crippen molar-refractivity contribution in [2.75, 3.05) is 24.6 Å². The molecule has 0 bridgehead atoms. The molecule has 2 heterocycles. The van der Waals surface area contributed by atoms with Crippen molar-refractivity contribution in [1.29, 1.82) is 0 Å². The summed E-state index contributed by atoms with van der Waals surface area (Å²) < 4.78 is 43.6. The summed E-state index contributed by atoms with van der Waals surface area (Å²) >= 11 is 0.713. The second-order valence-corrected chi connectivity index (χ2v) is 6.37. The minimum absolute atomic E-state index is 0.234. The van der Waals surface area contributed by atoms with E-state index in [9.17, 15) is 13.2 Å². The van der Waals surface area contributed by atoms with Gasteiger partial charge in [-0.25, -0.2) is 4.98 Å². The van der Waals surface area contributed by atoms with E-state index in [1.807, 2.05) is 4.90 Å². The number of nitrogens with zero attached hydrogens (tertiary/aromatic N) is 2. The zero-order valence-electron chi connectivity index (χ0n) is 10.5. The number of rotatable bonds is 2. The summed E-state index contributed by atoms with van der Waals surface area (Å²) in [5.74, 6) is 0.539. The van der Waals surface area contributed by atoms with E-state index in [1.165, 1.54) is 0 Å². The summed E-state index contributed by atoms with van der Waals surface area (Å²) in [5, 5.41) is 0.447. The third-order valence-electron chi connectivity index (χ3n) is 3.78. The first-order chi connectivity index (χ1) is 8.88. The topological polar surface area (TPSA) is 25.4 Å². The molecule has 19 heavy (non-hydrogen) atoms. The number of halogens is 3. The first-order valence-corrected chi connectivity index (χ1v) is 7.12. The lowest BCUT2D eigenvalue weighted by Crippen LogP contribution is -2.51. The predicted octanol–water partition coefficient (Wildman–Crippen LogP) is 3.17. The van der Waals surface area contributed by atoms with E-state index in [1.54, 1.807) is 0 Å². The average molecular weight is 292 g/mol. The molecule has 3 nitrogen and oxygen atoms in total. The summed E-state index contributed by atoms with van der Waals surface area (Å²) in [4.78, 5) is 5.20. The number of anilines is 1. The number of hydrogen-bond donors (Lipinski definition) is 0. The van der Waals surface area contributed by atoms with Crippen molar-refractivity contribution in [1.82, 2.24) is 4.98 Å². The van der Waals surface area contributed by atoms with E-state index in [0.717, 1.165) is 19.0 Å². The summed E-state index contributed by atoms with van der Waals surface area (Å²) in [5.41, 5.74) is -0.234. The van der Waals surface area contributed by atoms with Gasteiger partial charge >= 0.3 is 6.18 Å². The maximum absolute atomic E-state index is 12.6. The van der Waals surface area contributed by atoms with Crippen LogP contribution in [0.2, 0.25) is 0 Å². The quantitative estimate of drug-likeness (QED) is 0.837. The number of morpholine rings is 1. The molecule has 1 unspecified atom stereocenters. The fraction of sp³-hybridized carbons (Fsp3) is 0.750. The van der Waals surface area contributed by atoms with Crippen LogP contribution in [0.5, 0.6) is 0 Å². The Hall–Kier alpha value is -0.820. The van der Waals surface area contributed by atoms with E-state index in [2.05, 4.69) is 11.9 Å². The van der Waals surface area contributed by atoms with Crippen LogP contribution in [0.4, 0.5) is 18.3 Å². The van der Waals surface area contributed by atoms with Gasteiger partial charge in [0.2, 0.25) is 0 Å². The molecule has 1 aliphatic heterocycles. The Bertz CT molecular complexity index is 472. The highest BCUT2D eigenvalue weighted by Crippen LogP contribution is 2.44. The minimum Gasteiger partial charge on any atom is -0.371 e. The molecule has 2 fully saturated rings. The zero-order valence-corrected chi connectivity index (χ0v) is 11.4. The van der Waals surface area contributed by atoms with Gasteiger partial charge in [0.25, 0.3) is 0 Å². The molecule has 7 heteroatoms. The molecule has 1 aromatic rings. The molecule has 1 saturated heterocycles. The highest BCUT2D eigenvalue weighted by molar-refractivity contribution is 7.15. The molecular weight excluding hydrogens is 277 g/mol. The van der Waals surface area contributed by atoms with Crippen LogP contribution in [0.3, 0.4) is 0 Å². The molecule has 1 aromatic heterocycles. The summed E-state index contributed by atoms with van der Waals surface area (Å²) in [6.45, 7) is 3.83. The van der Waals surface area contributed by atoms with Crippen molar-refractivity contribution in [2.24, 2.45) is 5.92 Å².